The van der Waals surface area contributed by atoms with E-state index < -0.39 is 16.6 Å². The van der Waals surface area contributed by atoms with E-state index in [-0.39, 0.29) is 17.1 Å². The fourth-order valence-corrected chi connectivity index (χ4v) is 0. The van der Waals surface area contributed by atoms with Crippen molar-refractivity contribution < 1.29 is 49.6 Å². The molecule has 9 heteroatoms. The standard InChI is InChI=1S/CH2O3.Cu.H2O4S/c2-1(3)4;;1-5(2,3)4/h(H2,2,3,4);;(H2,1,2,3,4)/p-3. The first-order chi connectivity index (χ1) is 3.73. The fourth-order valence-electron chi connectivity index (χ4n) is 0. The number of carbonyl (C=O) groups is 1. The number of hydrogen-bond acceptors (Lipinski definition) is 6. The molecule has 0 aromatic rings. The van der Waals surface area contributed by atoms with Crippen LogP contribution in [0.3, 0.4) is 0 Å². The van der Waals surface area contributed by atoms with Crippen LogP contribution in [0.25, 0.3) is 0 Å². The minimum atomic E-state index is -5.17. The Kier molecular flexibility index (Phi) is 11.1. The van der Waals surface area contributed by atoms with Crippen molar-refractivity contribution in [1.29, 1.82) is 0 Å². The number of carboxylic acid groups (broad SMARTS) is 2. The second-order valence-corrected chi connectivity index (χ2v) is 1.49. The fraction of sp³-hybridized carbons (Fsp3) is 0. The third-order valence-corrected chi connectivity index (χ3v) is 0. The van der Waals surface area contributed by atoms with Crippen LogP contribution < -0.4 is 5.11 Å². The van der Waals surface area contributed by atoms with Gasteiger partial charge in [0.15, 0.2) is 0 Å². The Labute approximate surface area is 66.7 Å². The summed E-state index contributed by atoms with van der Waals surface area (Å²) in [6.45, 7) is 0. The van der Waals surface area contributed by atoms with Gasteiger partial charge in [-0.3, -0.25) is 8.42 Å². The Morgan fingerprint density at radius 1 is 1.30 bits per heavy atom. The van der Waals surface area contributed by atoms with Crippen molar-refractivity contribution in [1.82, 2.24) is 0 Å². The molecular weight excluding hydrogens is 220 g/mol. The van der Waals surface area contributed by atoms with Gasteiger partial charge in [0.25, 0.3) is 0 Å². The van der Waals surface area contributed by atoms with Gasteiger partial charge in [-0.15, -0.1) is 0 Å². The molecule has 0 aliphatic rings. The molecule has 0 saturated heterocycles. The minimum absolute atomic E-state index is 0. The molecule has 0 spiro atoms. The van der Waals surface area contributed by atoms with Gasteiger partial charge in [0.05, 0.1) is 0 Å². The van der Waals surface area contributed by atoms with Crippen molar-refractivity contribution in [2.24, 2.45) is 0 Å². The van der Waals surface area contributed by atoms with E-state index in [1.165, 1.54) is 0 Å². The molecule has 0 amide bonds. The van der Waals surface area contributed by atoms with E-state index in [1.54, 1.807) is 0 Å². The van der Waals surface area contributed by atoms with Crippen LogP contribution in [0.15, 0.2) is 0 Å². The molecule has 0 unspecified atom stereocenters. The summed E-state index contributed by atoms with van der Waals surface area (Å²) in [5.74, 6) is 0. The van der Waals surface area contributed by atoms with Crippen LogP contribution in [0.4, 0.5) is 4.79 Å². The largest absolute Gasteiger partial charge is 0.759 e. The third-order valence-electron chi connectivity index (χ3n) is 0. The van der Waals surface area contributed by atoms with Gasteiger partial charge in [-0.25, -0.2) is 0 Å². The quantitative estimate of drug-likeness (QED) is 0.271. The average Bonchev–Trinajstić information content (AvgIpc) is 1.19. The zero-order valence-electron chi connectivity index (χ0n) is 4.11. The molecule has 1 N–H and O–H groups in total. The normalized spacial score (nSPS) is 8.20. The molecule has 0 aromatic carbocycles. The summed E-state index contributed by atoms with van der Waals surface area (Å²) in [4.78, 5) is 8.44. The summed E-state index contributed by atoms with van der Waals surface area (Å²) in [6.07, 6.45) is -2.08. The number of hydrogen-bond donors (Lipinski definition) is 1. The third kappa shape index (κ3) is 2930. The molecule has 67 valence electrons. The summed E-state index contributed by atoms with van der Waals surface area (Å²) in [6, 6.07) is 0. The molecule has 10 heavy (non-hydrogen) atoms. The second-order valence-electron chi connectivity index (χ2n) is 0.674. The van der Waals surface area contributed by atoms with Gasteiger partial charge >= 0.3 is 0 Å². The minimum Gasteiger partial charge on any atom is -0.759 e. The van der Waals surface area contributed by atoms with Crippen LogP contribution in [-0.4, -0.2) is 28.8 Å². The van der Waals surface area contributed by atoms with Crippen molar-refractivity contribution in [3.63, 3.8) is 0 Å². The van der Waals surface area contributed by atoms with E-state index in [2.05, 4.69) is 0 Å². The van der Waals surface area contributed by atoms with E-state index in [9.17, 15) is 0 Å². The predicted octanol–water partition coefficient (Wildman–Crippen LogP) is -2.45. The van der Waals surface area contributed by atoms with Crippen LogP contribution in [0, 0.1) is 0 Å². The molecular formula is CHCuO7S-3. The van der Waals surface area contributed by atoms with Crippen molar-refractivity contribution in [2.75, 3.05) is 0 Å². The first kappa shape index (κ1) is 16.3. The van der Waals surface area contributed by atoms with E-state index in [0.29, 0.717) is 0 Å². The SMILES string of the molecule is O=C([O-])O.O=S(=O)([O-])[O-].[Cu]. The van der Waals surface area contributed by atoms with Gasteiger partial charge in [-0.2, -0.15) is 0 Å². The summed E-state index contributed by atoms with van der Waals surface area (Å²) in [7, 11) is -5.17. The van der Waals surface area contributed by atoms with Gasteiger partial charge in [0.2, 0.25) is 6.16 Å². The maximum Gasteiger partial charge on any atom is 0.249 e. The number of rotatable bonds is 0. The monoisotopic (exact) mass is 220 g/mol. The molecule has 0 saturated carbocycles. The molecule has 0 aliphatic heterocycles. The van der Waals surface area contributed by atoms with Crippen LogP contribution >= 0.6 is 0 Å². The Morgan fingerprint density at radius 2 is 1.30 bits per heavy atom. The first-order valence-corrected chi connectivity index (χ1v) is 2.63. The van der Waals surface area contributed by atoms with E-state index in [4.69, 9.17) is 32.5 Å². The Balaban J connectivity index is -0.0000000910. The van der Waals surface area contributed by atoms with Crippen LogP contribution in [0.1, 0.15) is 0 Å². The average molecular weight is 221 g/mol. The van der Waals surface area contributed by atoms with Gasteiger partial charge in [0.1, 0.15) is 0 Å². The van der Waals surface area contributed by atoms with Crippen LogP contribution in [-0.2, 0) is 27.5 Å². The Bertz CT molecular complexity index is 156. The van der Waals surface area contributed by atoms with Crippen LogP contribution in [0.2, 0.25) is 0 Å². The zero-order valence-corrected chi connectivity index (χ0v) is 5.86. The predicted molar refractivity (Wildman–Crippen MR) is 18.5 cm³/mol. The van der Waals surface area contributed by atoms with Gasteiger partial charge in [0, 0.05) is 27.5 Å². The molecule has 0 rings (SSSR count). The summed E-state index contributed by atoms with van der Waals surface area (Å²) < 4.78 is 34.1. The van der Waals surface area contributed by atoms with Crippen LogP contribution in [0.5, 0.6) is 0 Å². The molecule has 0 atom stereocenters. The topological polar surface area (TPSA) is 141 Å². The summed E-state index contributed by atoms with van der Waals surface area (Å²) in [5.41, 5.74) is 0. The first-order valence-electron chi connectivity index (χ1n) is 1.30. The molecule has 1 radical (unpaired) electrons. The summed E-state index contributed by atoms with van der Waals surface area (Å²) >= 11 is 0. The molecule has 0 bridgehead atoms. The Morgan fingerprint density at radius 3 is 1.30 bits per heavy atom. The molecule has 7 nitrogen and oxygen atoms in total. The molecule has 0 aromatic heterocycles. The molecule has 0 fully saturated rings. The van der Waals surface area contributed by atoms with Gasteiger partial charge in [-0.1, -0.05) is 0 Å². The van der Waals surface area contributed by atoms with Crippen molar-refractivity contribution in [3.8, 4) is 0 Å². The maximum atomic E-state index is 8.52. The van der Waals surface area contributed by atoms with Crippen molar-refractivity contribution in [3.05, 3.63) is 0 Å². The van der Waals surface area contributed by atoms with E-state index in [0.717, 1.165) is 0 Å². The van der Waals surface area contributed by atoms with Crippen molar-refractivity contribution in [2.45, 2.75) is 0 Å². The van der Waals surface area contributed by atoms with E-state index in [1.807, 2.05) is 0 Å². The Hall–Kier alpha value is -0.341. The molecule has 0 aliphatic carbocycles. The van der Waals surface area contributed by atoms with Gasteiger partial charge < -0.3 is 24.1 Å². The smallest absolute Gasteiger partial charge is 0.249 e. The van der Waals surface area contributed by atoms with E-state index >= 15 is 0 Å². The zero-order chi connectivity index (χ0) is 8.08. The maximum absolute atomic E-state index is 8.52. The summed E-state index contributed by atoms with van der Waals surface area (Å²) in [5, 5.41) is 15.3. The van der Waals surface area contributed by atoms with Crippen molar-refractivity contribution >= 4 is 16.6 Å². The van der Waals surface area contributed by atoms with Gasteiger partial charge in [-0.05, 0) is 0 Å². The molecule has 0 heterocycles. The second kappa shape index (κ2) is 6.77.